The van der Waals surface area contributed by atoms with E-state index in [9.17, 15) is 19.2 Å². The number of unbranched alkanes of at least 4 members (excludes halogenated alkanes) is 1. The van der Waals surface area contributed by atoms with Crippen LogP contribution in [0.1, 0.15) is 46.5 Å². The third-order valence-corrected chi connectivity index (χ3v) is 4.31. The van der Waals surface area contributed by atoms with E-state index in [1.54, 1.807) is 0 Å². The molecule has 0 aromatic carbocycles. The van der Waals surface area contributed by atoms with Crippen molar-refractivity contribution in [1.82, 2.24) is 16.0 Å². The van der Waals surface area contributed by atoms with Crippen molar-refractivity contribution < 1.29 is 24.3 Å². The summed E-state index contributed by atoms with van der Waals surface area (Å²) in [4.78, 5) is 47.0. The number of aliphatic carboxylic acids is 1. The molecule has 0 fully saturated rings. The van der Waals surface area contributed by atoms with Crippen molar-refractivity contribution in [3.05, 3.63) is 0 Å². The van der Waals surface area contributed by atoms with Crippen LogP contribution in [-0.4, -0.2) is 60.0 Å². The highest BCUT2D eigenvalue weighted by molar-refractivity contribution is 5.92. The third kappa shape index (κ3) is 9.90. The Morgan fingerprint density at radius 2 is 1.67 bits per heavy atom. The van der Waals surface area contributed by atoms with E-state index >= 15 is 0 Å². The maximum absolute atomic E-state index is 12.4. The standard InChI is InChI=1S/C17H33N5O5/c1-4-10(2)14(19)16(25)22-12(7-5-6-8-18)15(24)20-9-13(23)21-11(3)17(26)27/h10-12,14H,4-9,18-19H2,1-3H3,(H,20,24)(H,21,23)(H,22,25)(H,26,27). The summed E-state index contributed by atoms with van der Waals surface area (Å²) in [5, 5.41) is 16.0. The van der Waals surface area contributed by atoms with Crippen LogP contribution < -0.4 is 27.4 Å². The first-order valence-corrected chi connectivity index (χ1v) is 9.19. The van der Waals surface area contributed by atoms with Crippen molar-refractivity contribution in [2.75, 3.05) is 13.1 Å². The summed E-state index contributed by atoms with van der Waals surface area (Å²) >= 11 is 0. The van der Waals surface area contributed by atoms with Crippen LogP contribution in [0.2, 0.25) is 0 Å². The van der Waals surface area contributed by atoms with Crippen LogP contribution in [0, 0.1) is 5.92 Å². The lowest BCUT2D eigenvalue weighted by atomic mass is 9.98. The number of rotatable bonds is 13. The second-order valence-corrected chi connectivity index (χ2v) is 6.60. The fraction of sp³-hybridized carbons (Fsp3) is 0.765. The molecule has 0 rings (SSSR count). The minimum Gasteiger partial charge on any atom is -0.480 e. The first kappa shape index (κ1) is 24.8. The predicted octanol–water partition coefficient (Wildman–Crippen LogP) is -1.32. The Morgan fingerprint density at radius 1 is 1.04 bits per heavy atom. The molecule has 156 valence electrons. The van der Waals surface area contributed by atoms with Gasteiger partial charge in [0.2, 0.25) is 17.7 Å². The van der Waals surface area contributed by atoms with Gasteiger partial charge < -0.3 is 32.5 Å². The molecule has 0 aromatic rings. The van der Waals surface area contributed by atoms with Crippen LogP contribution in [0.4, 0.5) is 0 Å². The molecule has 4 unspecified atom stereocenters. The summed E-state index contributed by atoms with van der Waals surface area (Å²) in [5.74, 6) is -2.82. The zero-order chi connectivity index (χ0) is 21.0. The second-order valence-electron chi connectivity index (χ2n) is 6.60. The Hall–Kier alpha value is -2.20. The first-order valence-electron chi connectivity index (χ1n) is 9.19. The third-order valence-electron chi connectivity index (χ3n) is 4.31. The normalized spacial score (nSPS) is 15.1. The maximum Gasteiger partial charge on any atom is 0.325 e. The molecular formula is C17H33N5O5. The molecule has 27 heavy (non-hydrogen) atoms. The van der Waals surface area contributed by atoms with E-state index in [1.165, 1.54) is 6.92 Å². The molecule has 0 bridgehead atoms. The highest BCUT2D eigenvalue weighted by Crippen LogP contribution is 2.07. The number of amides is 3. The largest absolute Gasteiger partial charge is 0.480 e. The maximum atomic E-state index is 12.4. The van der Waals surface area contributed by atoms with Gasteiger partial charge in [0.05, 0.1) is 12.6 Å². The molecule has 0 aliphatic rings. The highest BCUT2D eigenvalue weighted by atomic mass is 16.4. The van der Waals surface area contributed by atoms with Crippen molar-refractivity contribution >= 4 is 23.7 Å². The lowest BCUT2D eigenvalue weighted by Gasteiger charge is -2.23. The number of nitrogens with two attached hydrogens (primary N) is 2. The van der Waals surface area contributed by atoms with Crippen LogP contribution in [0.25, 0.3) is 0 Å². The van der Waals surface area contributed by atoms with Gasteiger partial charge in [-0.3, -0.25) is 19.2 Å². The Balaban J connectivity index is 4.76. The van der Waals surface area contributed by atoms with E-state index in [-0.39, 0.29) is 5.92 Å². The Labute approximate surface area is 159 Å². The minimum atomic E-state index is -1.18. The molecule has 0 aliphatic carbocycles. The minimum absolute atomic E-state index is 0.0407. The molecule has 0 aromatic heterocycles. The van der Waals surface area contributed by atoms with Crippen LogP contribution in [0.3, 0.4) is 0 Å². The van der Waals surface area contributed by atoms with Gasteiger partial charge in [-0.05, 0) is 38.6 Å². The van der Waals surface area contributed by atoms with Crippen LogP contribution in [0.5, 0.6) is 0 Å². The zero-order valence-electron chi connectivity index (χ0n) is 16.3. The topological polar surface area (TPSA) is 177 Å². The van der Waals surface area contributed by atoms with Gasteiger partial charge in [0, 0.05) is 0 Å². The Kier molecular flexibility index (Phi) is 12.0. The van der Waals surface area contributed by atoms with Crippen molar-refractivity contribution in [2.45, 2.75) is 64.6 Å². The number of hydrogen-bond acceptors (Lipinski definition) is 6. The smallest absolute Gasteiger partial charge is 0.325 e. The summed E-state index contributed by atoms with van der Waals surface area (Å²) in [5.41, 5.74) is 11.4. The van der Waals surface area contributed by atoms with Crippen molar-refractivity contribution in [3.63, 3.8) is 0 Å². The number of carbonyl (C=O) groups excluding carboxylic acids is 3. The molecule has 10 heteroatoms. The summed E-state index contributed by atoms with van der Waals surface area (Å²) in [7, 11) is 0. The van der Waals surface area contributed by atoms with Gasteiger partial charge in [-0.25, -0.2) is 0 Å². The molecule has 10 nitrogen and oxygen atoms in total. The van der Waals surface area contributed by atoms with Gasteiger partial charge >= 0.3 is 5.97 Å². The summed E-state index contributed by atoms with van der Waals surface area (Å²) in [6.45, 7) is 5.15. The van der Waals surface area contributed by atoms with Crippen LogP contribution in [-0.2, 0) is 19.2 Å². The van der Waals surface area contributed by atoms with Crippen molar-refractivity contribution in [2.24, 2.45) is 17.4 Å². The molecular weight excluding hydrogens is 354 g/mol. The summed E-state index contributed by atoms with van der Waals surface area (Å²) in [6.07, 6.45) is 2.39. The van der Waals surface area contributed by atoms with E-state index in [4.69, 9.17) is 16.6 Å². The molecule has 0 aliphatic heterocycles. The fourth-order valence-electron chi connectivity index (χ4n) is 2.19. The zero-order valence-corrected chi connectivity index (χ0v) is 16.3. The molecule has 0 saturated carbocycles. The van der Waals surface area contributed by atoms with Gasteiger partial charge in [0.15, 0.2) is 0 Å². The van der Waals surface area contributed by atoms with E-state index in [0.717, 1.165) is 6.42 Å². The lowest BCUT2D eigenvalue weighted by Crippen LogP contribution is -2.54. The first-order chi connectivity index (χ1) is 12.6. The van der Waals surface area contributed by atoms with Gasteiger partial charge in [-0.15, -0.1) is 0 Å². The Morgan fingerprint density at radius 3 is 2.19 bits per heavy atom. The monoisotopic (exact) mass is 387 g/mol. The number of hydrogen-bond donors (Lipinski definition) is 6. The number of carboxylic acid groups (broad SMARTS) is 1. The molecule has 0 saturated heterocycles. The van der Waals surface area contributed by atoms with Crippen LogP contribution in [0.15, 0.2) is 0 Å². The van der Waals surface area contributed by atoms with Crippen molar-refractivity contribution in [1.29, 1.82) is 0 Å². The lowest BCUT2D eigenvalue weighted by molar-refractivity contribution is -0.141. The molecule has 0 radical (unpaired) electrons. The summed E-state index contributed by atoms with van der Waals surface area (Å²) in [6, 6.07) is -2.65. The summed E-state index contributed by atoms with van der Waals surface area (Å²) < 4.78 is 0. The average Bonchev–Trinajstić information content (AvgIpc) is 2.63. The number of nitrogens with one attached hydrogen (secondary N) is 3. The van der Waals surface area contributed by atoms with E-state index in [2.05, 4.69) is 16.0 Å². The molecule has 4 atom stereocenters. The molecule has 0 spiro atoms. The van der Waals surface area contributed by atoms with Gasteiger partial charge in [0.25, 0.3) is 0 Å². The average molecular weight is 387 g/mol. The SMILES string of the molecule is CCC(C)C(N)C(=O)NC(CCCCN)C(=O)NCC(=O)NC(C)C(=O)O. The highest BCUT2D eigenvalue weighted by Gasteiger charge is 2.26. The molecule has 0 heterocycles. The second kappa shape index (κ2) is 13.0. The number of carbonyl (C=O) groups is 4. The molecule has 3 amide bonds. The van der Waals surface area contributed by atoms with E-state index < -0.39 is 48.4 Å². The predicted molar refractivity (Wildman–Crippen MR) is 101 cm³/mol. The van der Waals surface area contributed by atoms with Gasteiger partial charge in [-0.2, -0.15) is 0 Å². The van der Waals surface area contributed by atoms with E-state index in [1.807, 2.05) is 13.8 Å². The van der Waals surface area contributed by atoms with Crippen LogP contribution >= 0.6 is 0 Å². The molecule has 8 N–H and O–H groups in total. The van der Waals surface area contributed by atoms with Crippen molar-refractivity contribution in [3.8, 4) is 0 Å². The fourth-order valence-corrected chi connectivity index (χ4v) is 2.19. The quantitative estimate of drug-likeness (QED) is 0.212. The van der Waals surface area contributed by atoms with Gasteiger partial charge in [-0.1, -0.05) is 20.3 Å². The number of carboxylic acids is 1. The van der Waals surface area contributed by atoms with E-state index in [0.29, 0.717) is 25.8 Å². The Bertz CT molecular complexity index is 514. The van der Waals surface area contributed by atoms with Gasteiger partial charge in [0.1, 0.15) is 12.1 Å².